The Balaban J connectivity index is 2.51. The van der Waals surface area contributed by atoms with Crippen molar-refractivity contribution in [3.63, 3.8) is 0 Å². The van der Waals surface area contributed by atoms with Crippen LogP contribution < -0.4 is 5.32 Å². The van der Waals surface area contributed by atoms with E-state index in [1.807, 2.05) is 6.07 Å². The lowest BCUT2D eigenvalue weighted by molar-refractivity contribution is 0.106. The minimum absolute atomic E-state index is 0.159. The second kappa shape index (κ2) is 8.22. The molecule has 0 aliphatic rings. The molecule has 0 radical (unpaired) electrons. The molecule has 102 valence electrons. The second-order valence-corrected chi connectivity index (χ2v) is 4.71. The van der Waals surface area contributed by atoms with Gasteiger partial charge in [-0.05, 0) is 50.4 Å². The van der Waals surface area contributed by atoms with Gasteiger partial charge in [-0.1, -0.05) is 19.1 Å². The van der Waals surface area contributed by atoms with Gasteiger partial charge in [0.2, 0.25) is 0 Å². The van der Waals surface area contributed by atoms with Crippen LogP contribution in [-0.4, -0.2) is 25.8 Å². The number of ether oxygens (including phenoxy) is 1. The molecule has 2 nitrogen and oxygen atoms in total. The molecule has 1 N–H and O–H groups in total. The van der Waals surface area contributed by atoms with E-state index in [4.69, 9.17) is 4.74 Å². The molecule has 2 unspecified atom stereocenters. The van der Waals surface area contributed by atoms with Gasteiger partial charge < -0.3 is 10.1 Å². The fourth-order valence-corrected chi connectivity index (χ4v) is 2.07. The van der Waals surface area contributed by atoms with E-state index in [2.05, 4.69) is 19.2 Å². The molecule has 0 saturated carbocycles. The summed E-state index contributed by atoms with van der Waals surface area (Å²) in [5.41, 5.74) is 1.05. The first-order chi connectivity index (χ1) is 8.65. The first-order valence-corrected chi connectivity index (χ1v) is 6.66. The lowest BCUT2D eigenvalue weighted by Crippen LogP contribution is -2.32. The Labute approximate surface area is 110 Å². The fraction of sp³-hybridized carbons (Fsp3) is 0.600. The predicted molar refractivity (Wildman–Crippen MR) is 73.3 cm³/mol. The summed E-state index contributed by atoms with van der Waals surface area (Å²) >= 11 is 0. The lowest BCUT2D eigenvalue weighted by atomic mass is 10.0. The van der Waals surface area contributed by atoms with E-state index < -0.39 is 0 Å². The Hall–Kier alpha value is -0.930. The van der Waals surface area contributed by atoms with Gasteiger partial charge in [-0.2, -0.15) is 0 Å². The first kappa shape index (κ1) is 15.1. The highest BCUT2D eigenvalue weighted by Crippen LogP contribution is 2.11. The molecule has 0 amide bonds. The maximum atomic E-state index is 13.1. The number of hydrogen-bond donors (Lipinski definition) is 1. The molecule has 1 aromatic rings. The molecule has 0 saturated heterocycles. The number of methoxy groups -OCH3 is 1. The van der Waals surface area contributed by atoms with Crippen molar-refractivity contribution in [1.82, 2.24) is 5.32 Å². The molecule has 18 heavy (non-hydrogen) atoms. The summed E-state index contributed by atoms with van der Waals surface area (Å²) in [6.07, 6.45) is 3.20. The van der Waals surface area contributed by atoms with Crippen LogP contribution in [0.25, 0.3) is 0 Å². The van der Waals surface area contributed by atoms with Crippen LogP contribution in [0.1, 0.15) is 32.3 Å². The van der Waals surface area contributed by atoms with E-state index in [0.29, 0.717) is 6.04 Å². The van der Waals surface area contributed by atoms with Crippen molar-refractivity contribution >= 4 is 0 Å². The zero-order valence-electron chi connectivity index (χ0n) is 11.6. The SMILES string of the molecule is CCNC(CCC(C)OC)Cc1cccc(F)c1. The predicted octanol–water partition coefficient (Wildman–Crippen LogP) is 3.16. The maximum Gasteiger partial charge on any atom is 0.123 e. The van der Waals surface area contributed by atoms with Crippen LogP contribution in [0.4, 0.5) is 4.39 Å². The summed E-state index contributed by atoms with van der Waals surface area (Å²) < 4.78 is 18.4. The van der Waals surface area contributed by atoms with E-state index >= 15 is 0 Å². The summed E-state index contributed by atoms with van der Waals surface area (Å²) in [4.78, 5) is 0. The van der Waals surface area contributed by atoms with Crippen LogP contribution in [0.5, 0.6) is 0 Å². The first-order valence-electron chi connectivity index (χ1n) is 6.66. The Morgan fingerprint density at radius 1 is 1.33 bits per heavy atom. The minimum Gasteiger partial charge on any atom is -0.382 e. The smallest absolute Gasteiger partial charge is 0.123 e. The van der Waals surface area contributed by atoms with Crippen molar-refractivity contribution in [2.45, 2.75) is 45.3 Å². The largest absolute Gasteiger partial charge is 0.382 e. The highest BCUT2D eigenvalue weighted by atomic mass is 19.1. The molecule has 0 spiro atoms. The second-order valence-electron chi connectivity index (χ2n) is 4.71. The Bertz CT molecular complexity index is 343. The normalized spacial score (nSPS) is 14.4. The van der Waals surface area contributed by atoms with Crippen molar-refractivity contribution in [2.24, 2.45) is 0 Å². The summed E-state index contributed by atoms with van der Waals surface area (Å²) in [6.45, 7) is 5.10. The number of halogens is 1. The van der Waals surface area contributed by atoms with Gasteiger partial charge in [0.15, 0.2) is 0 Å². The maximum absolute atomic E-state index is 13.1. The third-order valence-corrected chi connectivity index (χ3v) is 3.19. The lowest BCUT2D eigenvalue weighted by Gasteiger charge is -2.19. The average molecular weight is 253 g/mol. The standard InChI is InChI=1S/C15H24FNO/c1-4-17-15(9-8-12(2)18-3)11-13-6-5-7-14(16)10-13/h5-7,10,12,15,17H,4,8-9,11H2,1-3H3. The van der Waals surface area contributed by atoms with E-state index in [1.54, 1.807) is 19.2 Å². The van der Waals surface area contributed by atoms with Gasteiger partial charge in [0.25, 0.3) is 0 Å². The summed E-state index contributed by atoms with van der Waals surface area (Å²) in [5.74, 6) is -0.159. The molecule has 1 rings (SSSR count). The fourth-order valence-electron chi connectivity index (χ4n) is 2.07. The molecule has 0 heterocycles. The minimum atomic E-state index is -0.159. The van der Waals surface area contributed by atoms with Crippen molar-refractivity contribution in [3.8, 4) is 0 Å². The number of hydrogen-bond acceptors (Lipinski definition) is 2. The molecule has 0 fully saturated rings. The molecular weight excluding hydrogens is 229 g/mol. The Morgan fingerprint density at radius 3 is 2.72 bits per heavy atom. The van der Waals surface area contributed by atoms with E-state index in [-0.39, 0.29) is 11.9 Å². The Morgan fingerprint density at radius 2 is 2.11 bits per heavy atom. The number of likely N-dealkylation sites (N-methyl/N-ethyl adjacent to an activating group) is 1. The third-order valence-electron chi connectivity index (χ3n) is 3.19. The van der Waals surface area contributed by atoms with Crippen LogP contribution in [0.15, 0.2) is 24.3 Å². The van der Waals surface area contributed by atoms with Crippen LogP contribution in [0.3, 0.4) is 0 Å². The van der Waals surface area contributed by atoms with E-state index in [0.717, 1.165) is 31.4 Å². The van der Waals surface area contributed by atoms with Crippen molar-refractivity contribution in [2.75, 3.05) is 13.7 Å². The third kappa shape index (κ3) is 5.61. The van der Waals surface area contributed by atoms with Crippen LogP contribution >= 0.6 is 0 Å². The van der Waals surface area contributed by atoms with Crippen molar-refractivity contribution in [1.29, 1.82) is 0 Å². The molecule has 3 heteroatoms. The van der Waals surface area contributed by atoms with Gasteiger partial charge in [0, 0.05) is 13.2 Å². The van der Waals surface area contributed by atoms with Crippen molar-refractivity contribution in [3.05, 3.63) is 35.6 Å². The van der Waals surface area contributed by atoms with Gasteiger partial charge in [-0.25, -0.2) is 4.39 Å². The molecule has 0 aliphatic carbocycles. The van der Waals surface area contributed by atoms with Crippen LogP contribution in [0, 0.1) is 5.82 Å². The van der Waals surface area contributed by atoms with Gasteiger partial charge in [-0.3, -0.25) is 0 Å². The van der Waals surface area contributed by atoms with Gasteiger partial charge in [-0.15, -0.1) is 0 Å². The van der Waals surface area contributed by atoms with Crippen LogP contribution in [-0.2, 0) is 11.2 Å². The highest BCUT2D eigenvalue weighted by Gasteiger charge is 2.11. The zero-order chi connectivity index (χ0) is 13.4. The zero-order valence-corrected chi connectivity index (χ0v) is 11.6. The molecule has 0 aliphatic heterocycles. The Kier molecular flexibility index (Phi) is 6.91. The highest BCUT2D eigenvalue weighted by molar-refractivity contribution is 5.17. The number of nitrogens with one attached hydrogen (secondary N) is 1. The van der Waals surface area contributed by atoms with Gasteiger partial charge in [0.05, 0.1) is 6.10 Å². The summed E-state index contributed by atoms with van der Waals surface area (Å²) in [6, 6.07) is 7.23. The molecular formula is C15H24FNO. The van der Waals surface area contributed by atoms with Crippen LogP contribution in [0.2, 0.25) is 0 Å². The summed E-state index contributed by atoms with van der Waals surface area (Å²) in [5, 5.41) is 3.45. The number of benzene rings is 1. The number of rotatable bonds is 8. The molecule has 0 bridgehead atoms. The monoisotopic (exact) mass is 253 g/mol. The topological polar surface area (TPSA) is 21.3 Å². The van der Waals surface area contributed by atoms with E-state index in [9.17, 15) is 4.39 Å². The van der Waals surface area contributed by atoms with E-state index in [1.165, 1.54) is 6.07 Å². The van der Waals surface area contributed by atoms with Gasteiger partial charge >= 0.3 is 0 Å². The molecule has 0 aromatic heterocycles. The van der Waals surface area contributed by atoms with Crippen molar-refractivity contribution < 1.29 is 9.13 Å². The average Bonchev–Trinajstić information content (AvgIpc) is 2.36. The summed E-state index contributed by atoms with van der Waals surface area (Å²) in [7, 11) is 1.74. The quantitative estimate of drug-likeness (QED) is 0.768. The molecule has 1 aromatic carbocycles. The van der Waals surface area contributed by atoms with Gasteiger partial charge in [0.1, 0.15) is 5.82 Å². The molecule has 2 atom stereocenters.